The third-order valence-electron chi connectivity index (χ3n) is 5.48. The molecule has 1 fully saturated rings. The van der Waals surface area contributed by atoms with Crippen molar-refractivity contribution in [2.45, 2.75) is 46.3 Å². The highest BCUT2D eigenvalue weighted by Crippen LogP contribution is 2.35. The molecule has 2 aliphatic heterocycles. The third kappa shape index (κ3) is 6.01. The van der Waals surface area contributed by atoms with E-state index in [9.17, 15) is 0 Å². The van der Waals surface area contributed by atoms with Gasteiger partial charge in [-0.2, -0.15) is 0 Å². The van der Waals surface area contributed by atoms with Crippen LogP contribution < -0.4 is 14.8 Å². The molecule has 7 nitrogen and oxygen atoms in total. The number of aliphatic imine (C=N–C) groups is 1. The first-order valence-electron chi connectivity index (χ1n) is 11.2. The Bertz CT molecular complexity index is 710. The van der Waals surface area contributed by atoms with Crippen LogP contribution in [0.1, 0.15) is 38.3 Å². The summed E-state index contributed by atoms with van der Waals surface area (Å²) in [4.78, 5) is 7.27. The fraction of sp³-hybridized carbons (Fsp3) is 0.696. The lowest BCUT2D eigenvalue weighted by Crippen LogP contribution is -2.40. The highest BCUT2D eigenvalue weighted by molar-refractivity contribution is 5.80. The lowest BCUT2D eigenvalue weighted by molar-refractivity contribution is 0.0536. The molecule has 2 heterocycles. The minimum absolute atomic E-state index is 0.221. The Labute approximate surface area is 180 Å². The Balaban J connectivity index is 1.66. The molecule has 1 aromatic rings. The van der Waals surface area contributed by atoms with E-state index in [1.165, 1.54) is 5.56 Å². The van der Waals surface area contributed by atoms with Crippen LogP contribution in [0.4, 0.5) is 0 Å². The average Bonchev–Trinajstić information content (AvgIpc) is 3.34. The molecule has 2 atom stereocenters. The second kappa shape index (κ2) is 11.4. The van der Waals surface area contributed by atoms with Crippen molar-refractivity contribution in [3.05, 3.63) is 23.3 Å². The van der Waals surface area contributed by atoms with Gasteiger partial charge in [0.2, 0.25) is 0 Å². The fourth-order valence-corrected chi connectivity index (χ4v) is 4.03. The minimum Gasteiger partial charge on any atom is -0.494 e. The van der Waals surface area contributed by atoms with E-state index in [0.717, 1.165) is 62.1 Å². The molecular formula is C23H37N3O4. The van der Waals surface area contributed by atoms with Gasteiger partial charge in [-0.1, -0.05) is 0 Å². The Morgan fingerprint density at radius 3 is 2.93 bits per heavy atom. The van der Waals surface area contributed by atoms with Crippen LogP contribution in [0.15, 0.2) is 17.1 Å². The molecule has 168 valence electrons. The Hall–Kier alpha value is -1.99. The number of ether oxygens (including phenoxy) is 4. The van der Waals surface area contributed by atoms with Crippen molar-refractivity contribution in [3.8, 4) is 11.5 Å². The van der Waals surface area contributed by atoms with E-state index in [2.05, 4.69) is 36.2 Å². The van der Waals surface area contributed by atoms with Gasteiger partial charge in [0.05, 0.1) is 33.0 Å². The molecule has 2 unspecified atom stereocenters. The number of fused-ring (bicyclic) bond motifs is 1. The number of rotatable bonds is 10. The lowest BCUT2D eigenvalue weighted by Gasteiger charge is -2.22. The van der Waals surface area contributed by atoms with E-state index in [1.807, 2.05) is 6.92 Å². The van der Waals surface area contributed by atoms with Gasteiger partial charge in [0.15, 0.2) is 5.96 Å². The number of likely N-dealkylation sites (tertiary alicyclic amines) is 1. The molecule has 1 saturated heterocycles. The van der Waals surface area contributed by atoms with Gasteiger partial charge < -0.3 is 29.2 Å². The molecule has 0 radical (unpaired) electrons. The summed E-state index contributed by atoms with van der Waals surface area (Å²) in [6.45, 7) is 12.3. The highest BCUT2D eigenvalue weighted by atomic mass is 16.5. The summed E-state index contributed by atoms with van der Waals surface area (Å²) in [5.41, 5.74) is 2.29. The standard InChI is InChI=1S/C23H37N3O4/c1-5-24-23(26-8-7-18(15-26)16-28-10-9-27-4)25-14-20-13-22-19(11-17(3)30-22)12-21(20)29-6-2/h12-13,17-18H,5-11,14-16H2,1-4H3,(H,24,25). The Morgan fingerprint density at radius 2 is 2.17 bits per heavy atom. The van der Waals surface area contributed by atoms with Gasteiger partial charge in [-0.05, 0) is 39.3 Å². The van der Waals surface area contributed by atoms with E-state index < -0.39 is 0 Å². The normalized spacial score (nSPS) is 20.9. The van der Waals surface area contributed by atoms with Gasteiger partial charge in [0.25, 0.3) is 0 Å². The maximum atomic E-state index is 5.95. The van der Waals surface area contributed by atoms with Crippen LogP contribution >= 0.6 is 0 Å². The maximum absolute atomic E-state index is 5.95. The first-order chi connectivity index (χ1) is 14.6. The molecule has 30 heavy (non-hydrogen) atoms. The second-order valence-corrected chi connectivity index (χ2v) is 7.97. The molecule has 7 heteroatoms. The lowest BCUT2D eigenvalue weighted by atomic mass is 10.1. The molecule has 3 rings (SSSR count). The van der Waals surface area contributed by atoms with Crippen molar-refractivity contribution >= 4 is 5.96 Å². The summed E-state index contributed by atoms with van der Waals surface area (Å²) in [5, 5.41) is 3.45. The van der Waals surface area contributed by atoms with Crippen molar-refractivity contribution in [2.75, 3.05) is 53.2 Å². The predicted octanol–water partition coefficient (Wildman–Crippen LogP) is 2.86. The molecule has 1 N–H and O–H groups in total. The van der Waals surface area contributed by atoms with Crippen molar-refractivity contribution in [2.24, 2.45) is 10.9 Å². The fourth-order valence-electron chi connectivity index (χ4n) is 4.03. The van der Waals surface area contributed by atoms with E-state index in [4.69, 9.17) is 23.9 Å². The van der Waals surface area contributed by atoms with Gasteiger partial charge in [-0.15, -0.1) is 0 Å². The molecule has 0 amide bonds. The number of guanidine groups is 1. The van der Waals surface area contributed by atoms with Crippen molar-refractivity contribution < 1.29 is 18.9 Å². The summed E-state index contributed by atoms with van der Waals surface area (Å²) >= 11 is 0. The summed E-state index contributed by atoms with van der Waals surface area (Å²) < 4.78 is 22.6. The second-order valence-electron chi connectivity index (χ2n) is 7.97. The smallest absolute Gasteiger partial charge is 0.194 e. The van der Waals surface area contributed by atoms with Crippen LogP contribution in [0.25, 0.3) is 0 Å². The predicted molar refractivity (Wildman–Crippen MR) is 119 cm³/mol. The molecule has 0 aliphatic carbocycles. The van der Waals surface area contributed by atoms with Gasteiger partial charge in [-0.3, -0.25) is 0 Å². The summed E-state index contributed by atoms with van der Waals surface area (Å²) in [6, 6.07) is 4.23. The van der Waals surface area contributed by atoms with E-state index >= 15 is 0 Å². The average molecular weight is 420 g/mol. The summed E-state index contributed by atoms with van der Waals surface area (Å²) in [6.07, 6.45) is 2.27. The Morgan fingerprint density at radius 1 is 1.30 bits per heavy atom. The van der Waals surface area contributed by atoms with Crippen molar-refractivity contribution in [1.29, 1.82) is 0 Å². The van der Waals surface area contributed by atoms with E-state index in [0.29, 0.717) is 32.3 Å². The topological polar surface area (TPSA) is 64.6 Å². The van der Waals surface area contributed by atoms with Gasteiger partial charge in [0.1, 0.15) is 17.6 Å². The number of nitrogens with zero attached hydrogens (tertiary/aromatic N) is 2. The summed E-state index contributed by atoms with van der Waals surface area (Å²) in [5.74, 6) is 3.36. The van der Waals surface area contributed by atoms with Crippen LogP contribution in [0.5, 0.6) is 11.5 Å². The zero-order valence-corrected chi connectivity index (χ0v) is 18.9. The molecule has 2 aliphatic rings. The zero-order chi connectivity index (χ0) is 21.3. The number of methoxy groups -OCH3 is 1. The monoisotopic (exact) mass is 419 g/mol. The zero-order valence-electron chi connectivity index (χ0n) is 18.9. The maximum Gasteiger partial charge on any atom is 0.194 e. The minimum atomic E-state index is 0.221. The Kier molecular flexibility index (Phi) is 8.63. The van der Waals surface area contributed by atoms with Crippen LogP contribution in [-0.2, 0) is 22.4 Å². The number of hydrogen-bond acceptors (Lipinski definition) is 5. The molecule has 0 aromatic heterocycles. The molecule has 0 spiro atoms. The number of nitrogens with one attached hydrogen (secondary N) is 1. The largest absolute Gasteiger partial charge is 0.494 e. The van der Waals surface area contributed by atoms with Crippen LogP contribution in [0.2, 0.25) is 0 Å². The highest BCUT2D eigenvalue weighted by Gasteiger charge is 2.26. The first-order valence-corrected chi connectivity index (χ1v) is 11.2. The van der Waals surface area contributed by atoms with E-state index in [1.54, 1.807) is 7.11 Å². The quantitative estimate of drug-likeness (QED) is 0.357. The van der Waals surface area contributed by atoms with Crippen LogP contribution in [0.3, 0.4) is 0 Å². The summed E-state index contributed by atoms with van der Waals surface area (Å²) in [7, 11) is 1.70. The first kappa shape index (κ1) is 22.7. The SMILES string of the molecule is CCNC(=NCc1cc2c(cc1OCC)CC(C)O2)N1CCC(COCCOC)C1. The van der Waals surface area contributed by atoms with Crippen LogP contribution in [0, 0.1) is 5.92 Å². The van der Waals surface area contributed by atoms with Gasteiger partial charge in [-0.25, -0.2) is 4.99 Å². The van der Waals surface area contributed by atoms with Gasteiger partial charge >= 0.3 is 0 Å². The molecule has 0 bridgehead atoms. The molecule has 1 aromatic carbocycles. The van der Waals surface area contributed by atoms with Gasteiger partial charge in [0, 0.05) is 50.2 Å². The van der Waals surface area contributed by atoms with Crippen LogP contribution in [-0.4, -0.2) is 70.1 Å². The molecule has 0 saturated carbocycles. The third-order valence-corrected chi connectivity index (χ3v) is 5.48. The van der Waals surface area contributed by atoms with Crippen molar-refractivity contribution in [3.63, 3.8) is 0 Å². The van der Waals surface area contributed by atoms with E-state index in [-0.39, 0.29) is 6.10 Å². The number of benzene rings is 1. The molecular weight excluding hydrogens is 382 g/mol. The number of hydrogen-bond donors (Lipinski definition) is 1. The van der Waals surface area contributed by atoms with Crippen molar-refractivity contribution in [1.82, 2.24) is 10.2 Å².